The van der Waals surface area contributed by atoms with E-state index in [-0.39, 0.29) is 30.7 Å². The second-order valence-electron chi connectivity index (χ2n) is 7.76. The molecule has 192 valence electrons. The van der Waals surface area contributed by atoms with Crippen LogP contribution in [0.25, 0.3) is 0 Å². The molecule has 3 rings (SSSR count). The van der Waals surface area contributed by atoms with Gasteiger partial charge in [0.2, 0.25) is 11.8 Å². The predicted octanol–water partition coefficient (Wildman–Crippen LogP) is 2.81. The van der Waals surface area contributed by atoms with Crippen molar-refractivity contribution in [2.75, 3.05) is 26.5 Å². The Morgan fingerprint density at radius 2 is 1.75 bits per heavy atom. The second kappa shape index (κ2) is 13.8. The van der Waals surface area contributed by atoms with Crippen molar-refractivity contribution < 1.29 is 24.2 Å². The molecule has 36 heavy (non-hydrogen) atoms. The minimum Gasteiger partial charge on any atom is -0.493 e. The molecule has 0 fully saturated rings. The van der Waals surface area contributed by atoms with Crippen LogP contribution in [0, 0.1) is 0 Å². The first-order valence-electron chi connectivity index (χ1n) is 11.2. The first kappa shape index (κ1) is 27.4. The zero-order chi connectivity index (χ0) is 25.9. The van der Waals surface area contributed by atoms with Gasteiger partial charge in [0.05, 0.1) is 38.5 Å². The van der Waals surface area contributed by atoms with E-state index in [1.807, 2.05) is 30.3 Å². The molecule has 1 heterocycles. The summed E-state index contributed by atoms with van der Waals surface area (Å²) in [7, 11) is 3.16. The molecule has 0 unspecified atom stereocenters. The molecule has 0 saturated heterocycles. The summed E-state index contributed by atoms with van der Waals surface area (Å²) >= 11 is 7.09. The molecule has 0 aliphatic rings. The standard InChI is InChI=1S/C25H29ClN4O5S/c1-34-21-8-5-17(11-22(21)35-2)9-10-27-24(33)16-36-25-29-13-20(15-31)30(25)14-23(32)28-12-18-3-6-19(26)7-4-18/h3-8,11,13,31H,9-10,12,14-16H2,1-2H3,(H,27,33)(H,28,32). The number of carbonyl (C=O) groups is 2. The van der Waals surface area contributed by atoms with Gasteiger partial charge in [-0.25, -0.2) is 4.98 Å². The van der Waals surface area contributed by atoms with Gasteiger partial charge in [-0.3, -0.25) is 9.59 Å². The number of methoxy groups -OCH3 is 2. The Hall–Kier alpha value is -3.21. The molecule has 2 aromatic carbocycles. The van der Waals surface area contributed by atoms with Crippen LogP contribution in [0.3, 0.4) is 0 Å². The van der Waals surface area contributed by atoms with E-state index in [0.717, 1.165) is 11.1 Å². The summed E-state index contributed by atoms with van der Waals surface area (Å²) in [6.07, 6.45) is 2.14. The van der Waals surface area contributed by atoms with E-state index in [2.05, 4.69) is 15.6 Å². The lowest BCUT2D eigenvalue weighted by Crippen LogP contribution is -2.29. The molecule has 0 aliphatic heterocycles. The van der Waals surface area contributed by atoms with Crippen LogP contribution in [-0.4, -0.2) is 53.0 Å². The number of nitrogens with zero attached hydrogens (tertiary/aromatic N) is 2. The number of carbonyl (C=O) groups excluding carboxylic acids is 2. The van der Waals surface area contributed by atoms with Crippen LogP contribution in [0.4, 0.5) is 0 Å². The molecule has 2 amide bonds. The van der Waals surface area contributed by atoms with Crippen molar-refractivity contribution >= 4 is 35.2 Å². The summed E-state index contributed by atoms with van der Waals surface area (Å²) in [4.78, 5) is 29.1. The number of hydrogen-bond donors (Lipinski definition) is 3. The molecule has 0 bridgehead atoms. The molecule has 0 saturated carbocycles. The highest BCUT2D eigenvalue weighted by Gasteiger charge is 2.15. The molecule has 1 aromatic heterocycles. The van der Waals surface area contributed by atoms with Crippen LogP contribution in [0.1, 0.15) is 16.8 Å². The molecule has 9 nitrogen and oxygen atoms in total. The second-order valence-corrected chi connectivity index (χ2v) is 9.14. The van der Waals surface area contributed by atoms with Gasteiger partial charge in [-0.05, 0) is 41.8 Å². The van der Waals surface area contributed by atoms with Gasteiger partial charge in [-0.2, -0.15) is 0 Å². The molecule has 0 aliphatic carbocycles. The van der Waals surface area contributed by atoms with E-state index in [1.165, 1.54) is 18.0 Å². The topological polar surface area (TPSA) is 115 Å². The van der Waals surface area contributed by atoms with Gasteiger partial charge in [-0.15, -0.1) is 0 Å². The third kappa shape index (κ3) is 7.91. The van der Waals surface area contributed by atoms with Crippen LogP contribution >= 0.6 is 23.4 Å². The van der Waals surface area contributed by atoms with E-state index in [4.69, 9.17) is 21.1 Å². The monoisotopic (exact) mass is 532 g/mol. The zero-order valence-electron chi connectivity index (χ0n) is 20.1. The van der Waals surface area contributed by atoms with Gasteiger partial charge in [0.15, 0.2) is 16.7 Å². The minimum atomic E-state index is -0.268. The Bertz CT molecular complexity index is 1170. The number of imidazole rings is 1. The lowest BCUT2D eigenvalue weighted by atomic mass is 10.1. The highest BCUT2D eigenvalue weighted by Crippen LogP contribution is 2.27. The van der Waals surface area contributed by atoms with E-state index >= 15 is 0 Å². The molecule has 0 atom stereocenters. The van der Waals surface area contributed by atoms with E-state index in [0.29, 0.717) is 46.9 Å². The maximum Gasteiger partial charge on any atom is 0.240 e. The van der Waals surface area contributed by atoms with Crippen LogP contribution < -0.4 is 20.1 Å². The highest BCUT2D eigenvalue weighted by atomic mass is 35.5. The number of amides is 2. The maximum absolute atomic E-state index is 12.5. The highest BCUT2D eigenvalue weighted by molar-refractivity contribution is 7.99. The van der Waals surface area contributed by atoms with Gasteiger partial charge >= 0.3 is 0 Å². The number of nitrogens with one attached hydrogen (secondary N) is 2. The number of rotatable bonds is 13. The molecule has 11 heteroatoms. The van der Waals surface area contributed by atoms with Crippen molar-refractivity contribution in [1.82, 2.24) is 20.2 Å². The summed E-state index contributed by atoms with van der Waals surface area (Å²) in [5.41, 5.74) is 2.42. The van der Waals surface area contributed by atoms with Crippen molar-refractivity contribution in [2.45, 2.75) is 31.3 Å². The quantitative estimate of drug-likeness (QED) is 0.290. The fraction of sp³-hybridized carbons (Fsp3) is 0.320. The smallest absolute Gasteiger partial charge is 0.240 e. The van der Waals surface area contributed by atoms with Gasteiger partial charge in [0.25, 0.3) is 0 Å². The van der Waals surface area contributed by atoms with Gasteiger partial charge < -0.3 is 29.8 Å². The average Bonchev–Trinajstić information content (AvgIpc) is 3.28. The number of benzene rings is 2. The first-order chi connectivity index (χ1) is 17.4. The number of aliphatic hydroxyl groups is 1. The lowest BCUT2D eigenvalue weighted by molar-refractivity contribution is -0.122. The Morgan fingerprint density at radius 3 is 2.44 bits per heavy atom. The predicted molar refractivity (Wildman–Crippen MR) is 138 cm³/mol. The Kier molecular flexibility index (Phi) is 10.5. The normalized spacial score (nSPS) is 10.7. The Morgan fingerprint density at radius 1 is 1.03 bits per heavy atom. The summed E-state index contributed by atoms with van der Waals surface area (Å²) in [6.45, 7) is 0.519. The van der Waals surface area contributed by atoms with Crippen molar-refractivity contribution in [3.63, 3.8) is 0 Å². The summed E-state index contributed by atoms with van der Waals surface area (Å²) in [5, 5.41) is 16.5. The van der Waals surface area contributed by atoms with Crippen LogP contribution in [0.15, 0.2) is 53.8 Å². The van der Waals surface area contributed by atoms with Crippen molar-refractivity contribution in [3.8, 4) is 11.5 Å². The van der Waals surface area contributed by atoms with E-state index < -0.39 is 0 Å². The number of thioether (sulfide) groups is 1. The first-order valence-corrected chi connectivity index (χ1v) is 12.6. The number of hydrogen-bond acceptors (Lipinski definition) is 7. The van der Waals surface area contributed by atoms with Crippen molar-refractivity contribution in [2.24, 2.45) is 0 Å². The maximum atomic E-state index is 12.5. The van der Waals surface area contributed by atoms with Gasteiger partial charge in [-0.1, -0.05) is 41.6 Å². The molecule has 0 radical (unpaired) electrons. The average molecular weight is 533 g/mol. The third-order valence-electron chi connectivity index (χ3n) is 5.28. The zero-order valence-corrected chi connectivity index (χ0v) is 21.7. The van der Waals surface area contributed by atoms with E-state index in [9.17, 15) is 14.7 Å². The molecule has 3 N–H and O–H groups in total. The fourth-order valence-corrected chi connectivity index (χ4v) is 4.32. The largest absolute Gasteiger partial charge is 0.493 e. The lowest BCUT2D eigenvalue weighted by Gasteiger charge is -2.12. The number of aromatic nitrogens is 2. The third-order valence-corrected chi connectivity index (χ3v) is 6.53. The summed E-state index contributed by atoms with van der Waals surface area (Å²) < 4.78 is 12.2. The summed E-state index contributed by atoms with van der Waals surface area (Å²) in [5.74, 6) is 1.02. The van der Waals surface area contributed by atoms with E-state index in [1.54, 1.807) is 30.9 Å². The Labute approximate surface area is 219 Å². The van der Waals surface area contributed by atoms with Crippen LogP contribution in [-0.2, 0) is 35.7 Å². The number of halogens is 1. The number of ether oxygens (including phenoxy) is 2. The number of aliphatic hydroxyl groups excluding tert-OH is 1. The van der Waals surface area contributed by atoms with Crippen LogP contribution in [0.5, 0.6) is 11.5 Å². The van der Waals surface area contributed by atoms with Gasteiger partial charge in [0.1, 0.15) is 6.54 Å². The minimum absolute atomic E-state index is 0.0211. The molecule has 3 aromatic rings. The Balaban J connectivity index is 1.48. The summed E-state index contributed by atoms with van der Waals surface area (Å²) in [6, 6.07) is 12.8. The fourth-order valence-electron chi connectivity index (χ4n) is 3.37. The SMILES string of the molecule is COc1ccc(CCNC(=O)CSc2ncc(CO)n2CC(=O)NCc2ccc(Cl)cc2)cc1OC. The van der Waals surface area contributed by atoms with Gasteiger partial charge in [0, 0.05) is 18.1 Å². The van der Waals surface area contributed by atoms with Crippen LogP contribution in [0.2, 0.25) is 5.02 Å². The molecular formula is C25H29ClN4O5S. The molecular weight excluding hydrogens is 504 g/mol. The van der Waals surface area contributed by atoms with Crippen molar-refractivity contribution in [3.05, 3.63) is 70.5 Å². The molecule has 0 spiro atoms. The van der Waals surface area contributed by atoms with Crippen molar-refractivity contribution in [1.29, 1.82) is 0 Å².